The molecule has 0 aliphatic carbocycles. The van der Waals surface area contributed by atoms with Gasteiger partial charge in [-0.05, 0) is 29.8 Å². The quantitative estimate of drug-likeness (QED) is 0.631. The molecule has 2 heterocycles. The van der Waals surface area contributed by atoms with Crippen molar-refractivity contribution in [2.24, 2.45) is 5.22 Å². The molecule has 0 bridgehead atoms. The minimum atomic E-state index is -0.429. The summed E-state index contributed by atoms with van der Waals surface area (Å²) >= 11 is 0. The smallest absolute Gasteiger partial charge is 0.267 e. The number of rotatable bonds is 4. The molecule has 2 aromatic heterocycles. The van der Waals surface area contributed by atoms with Crippen molar-refractivity contribution >= 4 is 5.91 Å². The van der Waals surface area contributed by atoms with Crippen LogP contribution in [0, 0.1) is 5.53 Å². The highest BCUT2D eigenvalue weighted by Gasteiger charge is 2.11. The van der Waals surface area contributed by atoms with E-state index < -0.39 is 5.91 Å². The summed E-state index contributed by atoms with van der Waals surface area (Å²) in [6.07, 6.45) is 5.55. The van der Waals surface area contributed by atoms with E-state index in [1.807, 2.05) is 12.1 Å². The van der Waals surface area contributed by atoms with Crippen LogP contribution >= 0.6 is 0 Å². The molecule has 2 aromatic rings. The number of nitrogens with zero attached hydrogens (tertiary/aromatic N) is 3. The summed E-state index contributed by atoms with van der Waals surface area (Å²) in [6, 6.07) is 7.06. The Morgan fingerprint density at radius 3 is 2.78 bits per heavy atom. The Hall–Kier alpha value is -2.63. The van der Waals surface area contributed by atoms with E-state index in [0.29, 0.717) is 17.7 Å². The molecular formula is C12H11N5O. The third kappa shape index (κ3) is 2.73. The highest BCUT2D eigenvalue weighted by atomic mass is 16.2. The lowest BCUT2D eigenvalue weighted by Gasteiger charge is -2.06. The maximum atomic E-state index is 11.7. The molecule has 18 heavy (non-hydrogen) atoms. The SMILES string of the molecule is N=NNC(=O)c1cccnc1Cc1ccncc1. The minimum absolute atomic E-state index is 0.422. The number of pyridine rings is 2. The fourth-order valence-corrected chi connectivity index (χ4v) is 1.59. The van der Waals surface area contributed by atoms with E-state index in [0.717, 1.165) is 5.56 Å². The zero-order valence-corrected chi connectivity index (χ0v) is 9.50. The normalized spacial score (nSPS) is 9.78. The predicted molar refractivity (Wildman–Crippen MR) is 63.9 cm³/mol. The van der Waals surface area contributed by atoms with Crippen LogP contribution in [0.15, 0.2) is 48.1 Å². The van der Waals surface area contributed by atoms with Crippen LogP contribution in [-0.4, -0.2) is 15.9 Å². The Balaban J connectivity index is 2.28. The number of hydrogen-bond donors (Lipinski definition) is 2. The third-order valence-corrected chi connectivity index (χ3v) is 2.41. The van der Waals surface area contributed by atoms with Gasteiger partial charge in [-0.25, -0.2) is 5.43 Å². The third-order valence-electron chi connectivity index (χ3n) is 2.41. The Labute approximate surface area is 104 Å². The lowest BCUT2D eigenvalue weighted by Crippen LogP contribution is -2.19. The molecule has 0 aliphatic heterocycles. The second-order valence-corrected chi connectivity index (χ2v) is 3.58. The summed E-state index contributed by atoms with van der Waals surface area (Å²) in [4.78, 5) is 19.8. The summed E-state index contributed by atoms with van der Waals surface area (Å²) in [7, 11) is 0. The van der Waals surface area contributed by atoms with Crippen molar-refractivity contribution in [2.75, 3.05) is 0 Å². The largest absolute Gasteiger partial charge is 0.274 e. The molecule has 90 valence electrons. The molecule has 0 aliphatic rings. The first-order chi connectivity index (χ1) is 8.81. The summed E-state index contributed by atoms with van der Waals surface area (Å²) in [5.74, 6) is -0.429. The van der Waals surface area contributed by atoms with Gasteiger partial charge in [0.1, 0.15) is 0 Å². The second kappa shape index (κ2) is 5.62. The Morgan fingerprint density at radius 2 is 2.06 bits per heavy atom. The standard InChI is InChI=1S/C12H11N5O/c13-17-16-12(18)10-2-1-5-15-11(10)8-9-3-6-14-7-4-9/h1-7H,8H2,(H2,13,16,18). The molecular weight excluding hydrogens is 230 g/mol. The summed E-state index contributed by atoms with van der Waals surface area (Å²) in [5.41, 5.74) is 10.8. The molecule has 6 heteroatoms. The van der Waals surface area contributed by atoms with E-state index in [-0.39, 0.29) is 0 Å². The van der Waals surface area contributed by atoms with Crippen LogP contribution in [0.5, 0.6) is 0 Å². The van der Waals surface area contributed by atoms with Crippen molar-refractivity contribution in [2.45, 2.75) is 6.42 Å². The molecule has 0 fully saturated rings. The van der Waals surface area contributed by atoms with Crippen molar-refractivity contribution in [1.29, 1.82) is 5.53 Å². The Kier molecular flexibility index (Phi) is 3.70. The van der Waals surface area contributed by atoms with E-state index in [2.05, 4.69) is 20.6 Å². The zero-order valence-electron chi connectivity index (χ0n) is 9.50. The van der Waals surface area contributed by atoms with Gasteiger partial charge in [0.2, 0.25) is 0 Å². The molecule has 0 radical (unpaired) electrons. The number of hydrogen-bond acceptors (Lipinski definition) is 5. The fourth-order valence-electron chi connectivity index (χ4n) is 1.59. The molecule has 0 atom stereocenters. The van der Waals surface area contributed by atoms with Crippen LogP contribution in [0.2, 0.25) is 0 Å². The Bertz CT molecular complexity index is 555. The van der Waals surface area contributed by atoms with Crippen molar-refractivity contribution < 1.29 is 4.79 Å². The van der Waals surface area contributed by atoms with E-state index in [9.17, 15) is 4.79 Å². The van der Waals surface area contributed by atoms with Crippen molar-refractivity contribution in [1.82, 2.24) is 15.4 Å². The summed E-state index contributed by atoms with van der Waals surface area (Å²) < 4.78 is 0. The number of amides is 1. The van der Waals surface area contributed by atoms with Crippen molar-refractivity contribution in [3.05, 3.63) is 59.7 Å². The van der Waals surface area contributed by atoms with Crippen LogP contribution in [0.25, 0.3) is 0 Å². The minimum Gasteiger partial charge on any atom is -0.267 e. The fraction of sp³-hybridized carbons (Fsp3) is 0.0833. The molecule has 0 spiro atoms. The van der Waals surface area contributed by atoms with Gasteiger partial charge in [-0.3, -0.25) is 14.8 Å². The summed E-state index contributed by atoms with van der Waals surface area (Å²) in [5, 5.41) is 2.87. The first-order valence-corrected chi connectivity index (χ1v) is 5.31. The van der Waals surface area contributed by atoms with Crippen LogP contribution < -0.4 is 5.43 Å². The summed E-state index contributed by atoms with van der Waals surface area (Å²) in [6.45, 7) is 0. The maximum absolute atomic E-state index is 11.7. The second-order valence-electron chi connectivity index (χ2n) is 3.58. The molecule has 0 saturated carbocycles. The van der Waals surface area contributed by atoms with E-state index in [1.165, 1.54) is 0 Å². The van der Waals surface area contributed by atoms with Crippen LogP contribution in [-0.2, 0) is 6.42 Å². The average molecular weight is 241 g/mol. The first kappa shape index (κ1) is 11.8. The highest BCUT2D eigenvalue weighted by molar-refractivity contribution is 5.94. The highest BCUT2D eigenvalue weighted by Crippen LogP contribution is 2.11. The van der Waals surface area contributed by atoms with Crippen LogP contribution in [0.3, 0.4) is 0 Å². The topological polar surface area (TPSA) is 91.1 Å². The first-order valence-electron chi connectivity index (χ1n) is 5.31. The lowest BCUT2D eigenvalue weighted by molar-refractivity contribution is 0.0949. The Morgan fingerprint density at radius 1 is 1.28 bits per heavy atom. The van der Waals surface area contributed by atoms with Gasteiger partial charge in [0.15, 0.2) is 0 Å². The lowest BCUT2D eigenvalue weighted by atomic mass is 10.1. The average Bonchev–Trinajstić information content (AvgIpc) is 2.41. The van der Waals surface area contributed by atoms with Gasteiger partial charge >= 0.3 is 0 Å². The van der Waals surface area contributed by atoms with Crippen molar-refractivity contribution in [3.8, 4) is 0 Å². The van der Waals surface area contributed by atoms with Gasteiger partial charge in [-0.2, -0.15) is 5.53 Å². The van der Waals surface area contributed by atoms with Gasteiger partial charge in [0, 0.05) is 25.0 Å². The zero-order chi connectivity index (χ0) is 12.8. The molecule has 0 saturated heterocycles. The number of aromatic nitrogens is 2. The maximum Gasteiger partial charge on any atom is 0.274 e. The van der Waals surface area contributed by atoms with E-state index in [4.69, 9.17) is 5.53 Å². The molecule has 2 N–H and O–H groups in total. The van der Waals surface area contributed by atoms with E-state index >= 15 is 0 Å². The molecule has 0 unspecified atom stereocenters. The molecule has 2 rings (SSSR count). The molecule has 0 aromatic carbocycles. The number of carbonyl (C=O) groups is 1. The number of nitrogens with one attached hydrogen (secondary N) is 2. The number of carbonyl (C=O) groups excluding carboxylic acids is 1. The van der Waals surface area contributed by atoms with Crippen molar-refractivity contribution in [3.63, 3.8) is 0 Å². The monoisotopic (exact) mass is 241 g/mol. The van der Waals surface area contributed by atoms with Gasteiger partial charge in [-0.1, -0.05) is 5.22 Å². The van der Waals surface area contributed by atoms with Crippen LogP contribution in [0.1, 0.15) is 21.6 Å². The molecule has 6 nitrogen and oxygen atoms in total. The van der Waals surface area contributed by atoms with Gasteiger partial charge in [0.25, 0.3) is 5.91 Å². The van der Waals surface area contributed by atoms with E-state index in [1.54, 1.807) is 30.7 Å². The van der Waals surface area contributed by atoms with Crippen LogP contribution in [0.4, 0.5) is 0 Å². The predicted octanol–water partition coefficient (Wildman–Crippen LogP) is 1.74. The van der Waals surface area contributed by atoms with Gasteiger partial charge in [0.05, 0.1) is 11.3 Å². The van der Waals surface area contributed by atoms with Gasteiger partial charge in [-0.15, -0.1) is 0 Å². The molecule has 1 amide bonds. The van der Waals surface area contributed by atoms with Gasteiger partial charge < -0.3 is 0 Å².